The highest BCUT2D eigenvalue weighted by molar-refractivity contribution is 7.22. The van der Waals surface area contributed by atoms with Gasteiger partial charge >= 0.3 is 5.97 Å². The third-order valence-corrected chi connectivity index (χ3v) is 14.3. The maximum atomic E-state index is 15.3. The summed E-state index contributed by atoms with van der Waals surface area (Å²) in [5.74, 6) is -8.07. The minimum Gasteiger partial charge on any atom is -0.508 e. The number of thiophene rings is 1. The van der Waals surface area contributed by atoms with E-state index in [1.807, 2.05) is 31.2 Å². The smallest absolute Gasteiger partial charge is 0.339 e. The number of anilines is 2. The molecule has 4 aliphatic rings. The molecule has 2 saturated heterocycles. The normalized spacial score (nSPS) is 25.0. The number of phenols is 2. The number of carboxylic acid groups (broad SMARTS) is 1. The van der Waals surface area contributed by atoms with Crippen molar-refractivity contribution in [3.05, 3.63) is 88.0 Å². The molecule has 0 spiro atoms. The van der Waals surface area contributed by atoms with Crippen LogP contribution in [0, 0.1) is 36.0 Å². The maximum Gasteiger partial charge on any atom is 0.339 e. The van der Waals surface area contributed by atoms with Crippen LogP contribution >= 0.6 is 22.9 Å². The third-order valence-electron chi connectivity index (χ3n) is 12.8. The largest absolute Gasteiger partial charge is 0.508 e. The Bertz CT molecular complexity index is 2730. The summed E-state index contributed by atoms with van der Waals surface area (Å²) in [5.41, 5.74) is 0.694. The molecule has 2 aromatic heterocycles. The van der Waals surface area contributed by atoms with Crippen LogP contribution in [0.5, 0.6) is 23.0 Å². The van der Waals surface area contributed by atoms with Crippen molar-refractivity contribution < 1.29 is 48.8 Å². The lowest BCUT2D eigenvalue weighted by molar-refractivity contribution is -0.131. The summed E-state index contributed by atoms with van der Waals surface area (Å²) in [6, 6.07) is 13.7. The van der Waals surface area contributed by atoms with E-state index < -0.39 is 75.9 Å². The fourth-order valence-electron chi connectivity index (χ4n) is 10.1. The molecule has 2 aliphatic carbocycles. The van der Waals surface area contributed by atoms with Crippen molar-refractivity contribution in [1.29, 1.82) is 0 Å². The molecule has 2 aliphatic heterocycles. The Morgan fingerprint density at radius 2 is 1.64 bits per heavy atom. The van der Waals surface area contributed by atoms with Crippen LogP contribution in [0.3, 0.4) is 0 Å². The Kier molecular flexibility index (Phi) is 8.72. The Morgan fingerprint density at radius 1 is 0.932 bits per heavy atom. The molecular weight excluding hydrogens is 800 g/mol. The number of halogens is 1. The first-order chi connectivity index (χ1) is 28.1. The number of carboxylic acids is 1. The van der Waals surface area contributed by atoms with Crippen molar-refractivity contribution in [2.75, 3.05) is 24.0 Å². The number of imide groups is 2. The van der Waals surface area contributed by atoms with Crippen molar-refractivity contribution in [3.8, 4) is 33.6 Å². The molecule has 3 N–H and O–H groups in total. The van der Waals surface area contributed by atoms with E-state index >= 15 is 9.59 Å². The predicted octanol–water partition coefficient (Wildman–Crippen LogP) is 6.83. The minimum atomic E-state index is -1.48. The van der Waals surface area contributed by atoms with Crippen LogP contribution in [0.1, 0.15) is 47.2 Å². The molecule has 3 fully saturated rings. The summed E-state index contributed by atoms with van der Waals surface area (Å²) in [6.45, 7) is 3.70. The van der Waals surface area contributed by atoms with E-state index in [2.05, 4.69) is 0 Å². The Labute approximate surface area is 345 Å². The van der Waals surface area contributed by atoms with E-state index in [0.29, 0.717) is 21.9 Å². The zero-order valence-corrected chi connectivity index (χ0v) is 33.9. The van der Waals surface area contributed by atoms with E-state index in [4.69, 9.17) is 26.2 Å². The maximum absolute atomic E-state index is 15.3. The quantitative estimate of drug-likeness (QED) is 0.115. The van der Waals surface area contributed by atoms with E-state index in [1.165, 1.54) is 53.3 Å². The Balaban J connectivity index is 1.18. The number of benzene rings is 3. The number of aromatic hydroxyl groups is 2. The standard InChI is InChI=1S/C43H37ClN4O10S/c1-18-25-12-19(44)6-11-32(25)59-37(18)28-17-33(46(3)45-28)48-39(52)27-16-26-22(36(43(27,2)42(48)56)35-30(57-4)14-21(49)15-31(35)58-5)9-10-24-34(26)40(53)47(38(24)51)20-7-8-23(41(54)55)29(50)13-20/h6-9,11-15,17,24,26-27,34,36,49-50H,10,16H2,1-5H3,(H,54,55). The molecule has 3 aromatic carbocycles. The summed E-state index contributed by atoms with van der Waals surface area (Å²) in [4.78, 5) is 73.7. The lowest BCUT2D eigenvalue weighted by Gasteiger charge is -2.49. The highest BCUT2D eigenvalue weighted by Crippen LogP contribution is 2.66. The zero-order valence-electron chi connectivity index (χ0n) is 32.3. The molecule has 5 aromatic rings. The molecule has 4 amide bonds. The van der Waals surface area contributed by atoms with Crippen molar-refractivity contribution in [2.45, 2.75) is 32.6 Å². The summed E-state index contributed by atoms with van der Waals surface area (Å²) in [7, 11) is 4.50. The lowest BCUT2D eigenvalue weighted by Crippen LogP contribution is -2.49. The Hall–Kier alpha value is -6.19. The number of aryl methyl sites for hydroxylation is 2. The average Bonchev–Trinajstić information content (AvgIpc) is 3.87. The van der Waals surface area contributed by atoms with Gasteiger partial charge in [-0.25, -0.2) is 14.6 Å². The van der Waals surface area contributed by atoms with Crippen molar-refractivity contribution in [1.82, 2.24) is 9.78 Å². The van der Waals surface area contributed by atoms with Crippen molar-refractivity contribution >= 4 is 74.1 Å². The number of fused-ring (bicyclic) bond motifs is 5. The lowest BCUT2D eigenvalue weighted by atomic mass is 9.51. The number of aromatic nitrogens is 2. The van der Waals surface area contributed by atoms with Crippen LogP contribution in [0.4, 0.5) is 11.5 Å². The molecule has 9 rings (SSSR count). The monoisotopic (exact) mass is 836 g/mol. The number of hydrogen-bond donors (Lipinski definition) is 3. The number of aromatic carboxylic acids is 1. The van der Waals surface area contributed by atoms with Gasteiger partial charge in [-0.3, -0.25) is 23.9 Å². The van der Waals surface area contributed by atoms with E-state index in [-0.39, 0.29) is 41.6 Å². The molecule has 302 valence electrons. The molecule has 4 heterocycles. The topological polar surface area (TPSA) is 189 Å². The second-order valence-electron chi connectivity index (χ2n) is 15.7. The van der Waals surface area contributed by atoms with Crippen LogP contribution in [0.15, 0.2) is 66.2 Å². The van der Waals surface area contributed by atoms with Gasteiger partial charge in [-0.2, -0.15) is 5.10 Å². The van der Waals surface area contributed by atoms with E-state index in [9.17, 15) is 29.7 Å². The fourth-order valence-corrected chi connectivity index (χ4v) is 11.4. The van der Waals surface area contributed by atoms with Gasteiger partial charge in [0.05, 0.1) is 48.0 Å². The number of carbonyl (C=O) groups excluding carboxylic acids is 4. The highest BCUT2D eigenvalue weighted by atomic mass is 35.5. The van der Waals surface area contributed by atoms with Gasteiger partial charge in [0.25, 0.3) is 0 Å². The summed E-state index contributed by atoms with van der Waals surface area (Å²) in [6.07, 6.45) is 2.02. The molecule has 6 atom stereocenters. The second kappa shape index (κ2) is 13.4. The molecular formula is C43H37ClN4O10S. The number of rotatable bonds is 7. The first kappa shape index (κ1) is 38.3. The number of nitrogens with zero attached hydrogens (tertiary/aromatic N) is 4. The first-order valence-corrected chi connectivity index (χ1v) is 20.0. The van der Waals surface area contributed by atoms with Gasteiger partial charge < -0.3 is 24.8 Å². The van der Waals surface area contributed by atoms with Gasteiger partial charge in [0.2, 0.25) is 23.6 Å². The van der Waals surface area contributed by atoms with Crippen LogP contribution in [-0.2, 0) is 26.2 Å². The molecule has 0 radical (unpaired) electrons. The van der Waals surface area contributed by atoms with Gasteiger partial charge in [-0.05, 0) is 73.9 Å². The first-order valence-electron chi connectivity index (χ1n) is 18.8. The van der Waals surface area contributed by atoms with Crippen molar-refractivity contribution in [2.24, 2.45) is 36.1 Å². The molecule has 16 heteroatoms. The number of phenolic OH excluding ortho intramolecular Hbond substituents is 1. The Morgan fingerprint density at radius 3 is 2.31 bits per heavy atom. The zero-order chi connectivity index (χ0) is 42.0. The molecule has 14 nitrogen and oxygen atoms in total. The summed E-state index contributed by atoms with van der Waals surface area (Å²) in [5, 5.41) is 37.0. The van der Waals surface area contributed by atoms with E-state index in [0.717, 1.165) is 37.6 Å². The van der Waals surface area contributed by atoms with Crippen LogP contribution in [-0.4, -0.2) is 68.9 Å². The minimum absolute atomic E-state index is 0.0137. The van der Waals surface area contributed by atoms with Crippen LogP contribution in [0.25, 0.3) is 20.7 Å². The van der Waals surface area contributed by atoms with Gasteiger partial charge in [0.15, 0.2) is 0 Å². The van der Waals surface area contributed by atoms with Gasteiger partial charge in [-0.1, -0.05) is 23.3 Å². The number of hydrogen-bond acceptors (Lipinski definition) is 11. The number of amides is 4. The molecule has 6 unspecified atom stereocenters. The van der Waals surface area contributed by atoms with E-state index in [1.54, 1.807) is 20.0 Å². The summed E-state index contributed by atoms with van der Waals surface area (Å²) < 4.78 is 14.2. The number of carbonyl (C=O) groups is 5. The van der Waals surface area contributed by atoms with Gasteiger partial charge in [0, 0.05) is 52.5 Å². The van der Waals surface area contributed by atoms with Crippen LogP contribution < -0.4 is 19.3 Å². The SMILES string of the molecule is COc1cc(O)cc(OC)c1C1C2=CCC3C(=O)N(c4ccc(C(=O)O)c(O)c4)C(=O)C3C2CC2C(=O)N(c3cc(-c4sc5ccc(Cl)cc5c4C)nn3C)C(=O)C21C. The van der Waals surface area contributed by atoms with Gasteiger partial charge in [-0.15, -0.1) is 11.3 Å². The second-order valence-corrected chi connectivity index (χ2v) is 17.1. The molecule has 0 bridgehead atoms. The predicted molar refractivity (Wildman–Crippen MR) is 217 cm³/mol. The van der Waals surface area contributed by atoms with Crippen LogP contribution in [0.2, 0.25) is 5.02 Å². The highest BCUT2D eigenvalue weighted by Gasteiger charge is 2.68. The number of allylic oxidation sites excluding steroid dienone is 2. The molecule has 1 saturated carbocycles. The number of ether oxygens (including phenoxy) is 2. The molecule has 59 heavy (non-hydrogen) atoms. The fraction of sp³-hybridized carbons (Fsp3) is 0.302. The average molecular weight is 837 g/mol. The summed E-state index contributed by atoms with van der Waals surface area (Å²) >= 11 is 7.84. The third kappa shape index (κ3) is 5.36. The van der Waals surface area contributed by atoms with Gasteiger partial charge in [0.1, 0.15) is 40.1 Å². The van der Waals surface area contributed by atoms with Crippen molar-refractivity contribution in [3.63, 3.8) is 0 Å². The number of methoxy groups -OCH3 is 2.